The van der Waals surface area contributed by atoms with Crippen molar-refractivity contribution in [3.63, 3.8) is 0 Å². The summed E-state index contributed by atoms with van der Waals surface area (Å²) in [7, 11) is 1.43. The highest BCUT2D eigenvalue weighted by Crippen LogP contribution is 2.41. The van der Waals surface area contributed by atoms with E-state index in [9.17, 15) is 13.2 Å². The van der Waals surface area contributed by atoms with Crippen molar-refractivity contribution in [1.29, 1.82) is 0 Å². The van der Waals surface area contributed by atoms with Crippen LogP contribution in [0.5, 0.6) is 5.75 Å². The maximum Gasteiger partial charge on any atom is 0.416 e. The second-order valence-electron chi connectivity index (χ2n) is 7.12. The van der Waals surface area contributed by atoms with Gasteiger partial charge in [-0.2, -0.15) is 13.2 Å². The van der Waals surface area contributed by atoms with Gasteiger partial charge >= 0.3 is 6.18 Å². The first-order valence-electron chi connectivity index (χ1n) is 9.20. The SMILES string of the molecule is COc1cc([C@@H](C2CCCCC2)N2CCNCC2)cc(C(F)(F)F)c1.Cl. The van der Waals surface area contributed by atoms with Crippen molar-refractivity contribution in [2.75, 3.05) is 33.3 Å². The standard InChI is InChI=1S/C19H27F3N2O.ClH/c1-25-17-12-15(11-16(13-17)19(20,21)22)18(14-5-3-2-4-6-14)24-9-7-23-8-10-24;/h11-14,18,23H,2-10H2,1H3;1H/t18-;/m1./s1. The molecule has 26 heavy (non-hydrogen) atoms. The summed E-state index contributed by atoms with van der Waals surface area (Å²) in [5.41, 5.74) is 0.137. The van der Waals surface area contributed by atoms with E-state index in [1.165, 1.54) is 32.4 Å². The average Bonchev–Trinajstić information content (AvgIpc) is 2.63. The summed E-state index contributed by atoms with van der Waals surface area (Å²) in [6, 6.07) is 4.28. The first-order chi connectivity index (χ1) is 12.0. The summed E-state index contributed by atoms with van der Waals surface area (Å²) in [4.78, 5) is 2.36. The van der Waals surface area contributed by atoms with Gasteiger partial charge in [0.05, 0.1) is 12.7 Å². The third-order valence-corrected chi connectivity index (χ3v) is 5.47. The van der Waals surface area contributed by atoms with E-state index in [4.69, 9.17) is 4.74 Å². The minimum atomic E-state index is -4.36. The molecule has 1 saturated carbocycles. The van der Waals surface area contributed by atoms with Gasteiger partial charge in [0.2, 0.25) is 0 Å². The van der Waals surface area contributed by atoms with Crippen molar-refractivity contribution >= 4 is 12.4 Å². The summed E-state index contributed by atoms with van der Waals surface area (Å²) >= 11 is 0. The van der Waals surface area contributed by atoms with Crippen molar-refractivity contribution in [3.05, 3.63) is 29.3 Å². The minimum absolute atomic E-state index is 0. The molecule has 0 spiro atoms. The molecule has 2 fully saturated rings. The lowest BCUT2D eigenvalue weighted by molar-refractivity contribution is -0.137. The molecule has 1 atom stereocenters. The summed E-state index contributed by atoms with van der Waals surface area (Å²) < 4.78 is 45.2. The fourth-order valence-corrected chi connectivity index (χ4v) is 4.27. The molecule has 0 amide bonds. The Bertz CT molecular complexity index is 552. The Balaban J connectivity index is 0.00000243. The molecule has 7 heteroatoms. The van der Waals surface area contributed by atoms with Crippen molar-refractivity contribution in [2.24, 2.45) is 5.92 Å². The number of ether oxygens (including phenoxy) is 1. The highest BCUT2D eigenvalue weighted by Gasteiger charge is 2.35. The Hall–Kier alpha value is -0.980. The van der Waals surface area contributed by atoms with Crippen LogP contribution in [0.4, 0.5) is 13.2 Å². The van der Waals surface area contributed by atoms with Gasteiger partial charge in [-0.15, -0.1) is 12.4 Å². The number of rotatable bonds is 4. The fourth-order valence-electron chi connectivity index (χ4n) is 4.27. The van der Waals surface area contributed by atoms with E-state index in [1.807, 2.05) is 0 Å². The van der Waals surface area contributed by atoms with Crippen LogP contribution >= 0.6 is 12.4 Å². The number of hydrogen-bond acceptors (Lipinski definition) is 3. The number of hydrogen-bond donors (Lipinski definition) is 1. The van der Waals surface area contributed by atoms with Crippen LogP contribution in [0.1, 0.15) is 49.3 Å². The summed E-state index contributed by atoms with van der Waals surface area (Å²) in [6.45, 7) is 3.53. The lowest BCUT2D eigenvalue weighted by atomic mass is 9.79. The van der Waals surface area contributed by atoms with Crippen LogP contribution in [-0.4, -0.2) is 38.2 Å². The molecular formula is C19H28ClF3N2O. The summed E-state index contributed by atoms with van der Waals surface area (Å²) in [6.07, 6.45) is 1.40. The number of methoxy groups -OCH3 is 1. The van der Waals surface area contributed by atoms with E-state index in [2.05, 4.69) is 10.2 Å². The zero-order valence-electron chi connectivity index (χ0n) is 15.1. The second kappa shape index (κ2) is 9.29. The molecule has 0 radical (unpaired) electrons. The topological polar surface area (TPSA) is 24.5 Å². The third kappa shape index (κ3) is 5.05. The van der Waals surface area contributed by atoms with E-state index in [0.29, 0.717) is 11.7 Å². The molecule has 1 aliphatic heterocycles. The highest BCUT2D eigenvalue weighted by atomic mass is 35.5. The number of alkyl halides is 3. The van der Waals surface area contributed by atoms with Crippen molar-refractivity contribution in [2.45, 2.75) is 44.3 Å². The average molecular weight is 393 g/mol. The smallest absolute Gasteiger partial charge is 0.416 e. The van der Waals surface area contributed by atoms with Gasteiger partial charge in [0, 0.05) is 32.2 Å². The zero-order chi connectivity index (χ0) is 17.9. The lowest BCUT2D eigenvalue weighted by Gasteiger charge is -2.41. The molecule has 148 valence electrons. The number of halogens is 4. The lowest BCUT2D eigenvalue weighted by Crippen LogP contribution is -2.47. The van der Waals surface area contributed by atoms with Crippen LogP contribution in [-0.2, 0) is 6.18 Å². The van der Waals surface area contributed by atoms with E-state index < -0.39 is 11.7 Å². The van der Waals surface area contributed by atoms with E-state index in [-0.39, 0.29) is 18.4 Å². The molecule has 0 bridgehead atoms. The largest absolute Gasteiger partial charge is 0.497 e. The van der Waals surface area contributed by atoms with Gasteiger partial charge in [0.25, 0.3) is 0 Å². The van der Waals surface area contributed by atoms with Crippen molar-refractivity contribution in [3.8, 4) is 5.75 Å². The molecular weight excluding hydrogens is 365 g/mol. The van der Waals surface area contributed by atoms with Crippen LogP contribution in [0, 0.1) is 5.92 Å². The molecule has 0 aromatic heterocycles. The Morgan fingerprint density at radius 2 is 1.73 bits per heavy atom. The van der Waals surface area contributed by atoms with Gasteiger partial charge in [-0.05, 0) is 42.5 Å². The van der Waals surface area contributed by atoms with E-state index >= 15 is 0 Å². The van der Waals surface area contributed by atoms with Gasteiger partial charge in [-0.3, -0.25) is 4.90 Å². The molecule has 1 aromatic carbocycles. The van der Waals surface area contributed by atoms with Crippen molar-refractivity contribution in [1.82, 2.24) is 10.2 Å². The van der Waals surface area contributed by atoms with Crippen LogP contribution in [0.2, 0.25) is 0 Å². The first-order valence-corrected chi connectivity index (χ1v) is 9.20. The third-order valence-electron chi connectivity index (χ3n) is 5.47. The quantitative estimate of drug-likeness (QED) is 0.806. The molecule has 1 N–H and O–H groups in total. The molecule has 1 saturated heterocycles. The summed E-state index contributed by atoms with van der Waals surface area (Å²) in [5, 5.41) is 3.34. The first kappa shape index (κ1) is 21.3. The monoisotopic (exact) mass is 392 g/mol. The van der Waals surface area contributed by atoms with Gasteiger partial charge in [0.15, 0.2) is 0 Å². The van der Waals surface area contributed by atoms with Gasteiger partial charge in [-0.25, -0.2) is 0 Å². The normalized spacial score (nSPS) is 21.1. The molecule has 2 aliphatic rings. The van der Waals surface area contributed by atoms with Crippen LogP contribution in [0.25, 0.3) is 0 Å². The molecule has 3 nitrogen and oxygen atoms in total. The van der Waals surface area contributed by atoms with Gasteiger partial charge in [-0.1, -0.05) is 19.3 Å². The van der Waals surface area contributed by atoms with E-state index in [1.54, 1.807) is 6.07 Å². The van der Waals surface area contributed by atoms with E-state index in [0.717, 1.165) is 50.7 Å². The number of nitrogens with zero attached hydrogens (tertiary/aromatic N) is 1. The van der Waals surface area contributed by atoms with Crippen LogP contribution in [0.15, 0.2) is 18.2 Å². The molecule has 1 heterocycles. The maximum atomic E-state index is 13.4. The molecule has 1 aromatic rings. The predicted octanol–water partition coefficient (Wildman–Crippen LogP) is 4.66. The molecule has 1 aliphatic carbocycles. The molecule has 3 rings (SSSR count). The number of nitrogens with one attached hydrogen (secondary N) is 1. The maximum absolute atomic E-state index is 13.4. The Morgan fingerprint density at radius 3 is 2.31 bits per heavy atom. The second-order valence-corrected chi connectivity index (χ2v) is 7.12. The zero-order valence-corrected chi connectivity index (χ0v) is 16.0. The Morgan fingerprint density at radius 1 is 1.08 bits per heavy atom. The minimum Gasteiger partial charge on any atom is -0.497 e. The Labute approximate surface area is 159 Å². The van der Waals surface area contributed by atoms with Crippen molar-refractivity contribution < 1.29 is 17.9 Å². The van der Waals surface area contributed by atoms with Crippen LogP contribution < -0.4 is 10.1 Å². The summed E-state index contributed by atoms with van der Waals surface area (Å²) in [5.74, 6) is 0.709. The van der Waals surface area contributed by atoms with Crippen LogP contribution in [0.3, 0.4) is 0 Å². The van der Waals surface area contributed by atoms with Gasteiger partial charge < -0.3 is 10.1 Å². The predicted molar refractivity (Wildman–Crippen MR) is 99.0 cm³/mol. The number of benzene rings is 1. The fraction of sp³-hybridized carbons (Fsp3) is 0.684. The number of piperazine rings is 1. The van der Waals surface area contributed by atoms with Gasteiger partial charge in [0.1, 0.15) is 5.75 Å². The molecule has 0 unspecified atom stereocenters. The highest BCUT2D eigenvalue weighted by molar-refractivity contribution is 5.85. The Kier molecular flexibility index (Phi) is 7.62.